The Morgan fingerprint density at radius 1 is 1.43 bits per heavy atom. The van der Waals surface area contributed by atoms with Gasteiger partial charge in [0.2, 0.25) is 5.91 Å². The minimum atomic E-state index is -1.05. The van der Waals surface area contributed by atoms with Crippen molar-refractivity contribution >= 4 is 28.4 Å². The molecule has 2 heterocycles. The summed E-state index contributed by atoms with van der Waals surface area (Å²) in [5.74, 6) is -1.12. The van der Waals surface area contributed by atoms with Gasteiger partial charge in [-0.2, -0.15) is 4.37 Å². The van der Waals surface area contributed by atoms with Gasteiger partial charge in [0.15, 0.2) is 0 Å². The van der Waals surface area contributed by atoms with Crippen LogP contribution in [0.1, 0.15) is 48.7 Å². The fourth-order valence-corrected chi connectivity index (χ4v) is 3.70. The maximum Gasteiger partial charge on any atom is 0.340 e. The number of anilines is 1. The molecule has 0 spiro atoms. The van der Waals surface area contributed by atoms with Crippen LogP contribution in [0, 0.1) is 12.3 Å². The van der Waals surface area contributed by atoms with Gasteiger partial charge >= 0.3 is 5.97 Å². The highest BCUT2D eigenvalue weighted by Gasteiger charge is 2.39. The van der Waals surface area contributed by atoms with Crippen LogP contribution in [-0.2, 0) is 4.79 Å². The summed E-state index contributed by atoms with van der Waals surface area (Å²) in [7, 11) is 0. The third kappa shape index (κ3) is 3.24. The summed E-state index contributed by atoms with van der Waals surface area (Å²) in [5, 5.41) is 15.7. The molecule has 0 atom stereocenters. The van der Waals surface area contributed by atoms with Crippen LogP contribution in [0.25, 0.3) is 0 Å². The Labute approximate surface area is 128 Å². The van der Waals surface area contributed by atoms with Crippen molar-refractivity contribution in [3.8, 4) is 0 Å². The number of aromatic nitrogens is 1. The number of carbonyl (C=O) groups excluding carboxylic acids is 1. The van der Waals surface area contributed by atoms with E-state index < -0.39 is 11.4 Å². The van der Waals surface area contributed by atoms with E-state index in [-0.39, 0.29) is 11.5 Å². The predicted octanol–water partition coefficient (Wildman–Crippen LogP) is 2.26. The van der Waals surface area contributed by atoms with E-state index in [2.05, 4.69) is 21.9 Å². The number of carboxylic acid groups (broad SMARTS) is 1. The molecule has 0 bridgehead atoms. The van der Waals surface area contributed by atoms with E-state index >= 15 is 0 Å². The van der Waals surface area contributed by atoms with E-state index in [9.17, 15) is 14.7 Å². The number of hydrogen-bond donors (Lipinski definition) is 3. The van der Waals surface area contributed by atoms with Crippen LogP contribution in [-0.4, -0.2) is 34.4 Å². The number of hydrogen-bond acceptors (Lipinski definition) is 5. The van der Waals surface area contributed by atoms with Crippen LogP contribution in [0.15, 0.2) is 0 Å². The van der Waals surface area contributed by atoms with E-state index in [0.29, 0.717) is 10.7 Å². The SMILES string of the molecule is CCCC1(C(=O)Nc2snc(C)c2C(=O)O)CCNCC1. The van der Waals surface area contributed by atoms with E-state index in [4.69, 9.17) is 0 Å². The molecule has 3 N–H and O–H groups in total. The minimum absolute atomic E-state index is 0.0722. The minimum Gasteiger partial charge on any atom is -0.478 e. The molecule has 0 radical (unpaired) electrons. The number of aromatic carboxylic acids is 1. The maximum absolute atomic E-state index is 12.7. The van der Waals surface area contributed by atoms with Gasteiger partial charge in [-0.05, 0) is 50.8 Å². The molecule has 1 aromatic heterocycles. The Kier molecular flexibility index (Phi) is 4.95. The average Bonchev–Trinajstić information content (AvgIpc) is 2.81. The molecule has 6 nitrogen and oxygen atoms in total. The number of rotatable bonds is 5. The summed E-state index contributed by atoms with van der Waals surface area (Å²) < 4.78 is 4.04. The van der Waals surface area contributed by atoms with Crippen molar-refractivity contribution in [1.29, 1.82) is 0 Å². The molecule has 21 heavy (non-hydrogen) atoms. The molecule has 1 aromatic rings. The molecular weight excluding hydrogens is 290 g/mol. The second-order valence-corrected chi connectivity index (χ2v) is 6.29. The normalized spacial score (nSPS) is 17.4. The number of amides is 1. The van der Waals surface area contributed by atoms with Gasteiger partial charge < -0.3 is 15.7 Å². The van der Waals surface area contributed by atoms with Gasteiger partial charge in [0.05, 0.1) is 11.1 Å². The Bertz CT molecular complexity index is 530. The fraction of sp³-hybridized carbons (Fsp3) is 0.643. The van der Waals surface area contributed by atoms with Gasteiger partial charge in [0.1, 0.15) is 10.6 Å². The molecule has 0 aliphatic carbocycles. The predicted molar refractivity (Wildman–Crippen MR) is 81.9 cm³/mol. The number of carbonyl (C=O) groups is 2. The smallest absolute Gasteiger partial charge is 0.340 e. The molecular formula is C14H21N3O3S. The van der Waals surface area contributed by atoms with Crippen LogP contribution < -0.4 is 10.6 Å². The van der Waals surface area contributed by atoms with Crippen LogP contribution in [0.2, 0.25) is 0 Å². The maximum atomic E-state index is 12.7. The monoisotopic (exact) mass is 311 g/mol. The zero-order valence-corrected chi connectivity index (χ0v) is 13.2. The van der Waals surface area contributed by atoms with Crippen LogP contribution >= 0.6 is 11.5 Å². The summed E-state index contributed by atoms with van der Waals surface area (Å²) in [5.41, 5.74) is 0.153. The van der Waals surface area contributed by atoms with Crippen LogP contribution in [0.5, 0.6) is 0 Å². The second kappa shape index (κ2) is 6.53. The number of nitrogens with one attached hydrogen (secondary N) is 2. The second-order valence-electron chi connectivity index (χ2n) is 5.51. The third-order valence-electron chi connectivity index (χ3n) is 4.07. The number of piperidine rings is 1. The van der Waals surface area contributed by atoms with E-state index in [0.717, 1.165) is 50.3 Å². The van der Waals surface area contributed by atoms with Crippen molar-refractivity contribution in [3.63, 3.8) is 0 Å². The fourth-order valence-electron chi connectivity index (χ4n) is 2.92. The molecule has 1 saturated heterocycles. The first-order valence-electron chi connectivity index (χ1n) is 7.22. The molecule has 1 fully saturated rings. The van der Waals surface area contributed by atoms with Gasteiger partial charge in [0, 0.05) is 0 Å². The van der Waals surface area contributed by atoms with Crippen molar-refractivity contribution in [2.24, 2.45) is 5.41 Å². The Hall–Kier alpha value is -1.47. The summed E-state index contributed by atoms with van der Waals surface area (Å²) in [6, 6.07) is 0. The highest BCUT2D eigenvalue weighted by Crippen LogP contribution is 2.36. The molecule has 1 aliphatic rings. The van der Waals surface area contributed by atoms with Crippen molar-refractivity contribution in [1.82, 2.24) is 9.69 Å². The lowest BCUT2D eigenvalue weighted by atomic mass is 9.74. The lowest BCUT2D eigenvalue weighted by molar-refractivity contribution is -0.127. The number of aryl methyl sites for hydroxylation is 1. The molecule has 2 rings (SSSR count). The van der Waals surface area contributed by atoms with Gasteiger partial charge in [-0.15, -0.1) is 0 Å². The summed E-state index contributed by atoms with van der Waals surface area (Å²) >= 11 is 1.04. The molecule has 116 valence electrons. The Morgan fingerprint density at radius 3 is 2.67 bits per heavy atom. The first-order chi connectivity index (χ1) is 10.00. The first-order valence-corrected chi connectivity index (χ1v) is 7.99. The van der Waals surface area contributed by atoms with Crippen molar-refractivity contribution in [3.05, 3.63) is 11.3 Å². The lowest BCUT2D eigenvalue weighted by Crippen LogP contribution is -2.44. The van der Waals surface area contributed by atoms with Crippen LogP contribution in [0.4, 0.5) is 5.00 Å². The van der Waals surface area contributed by atoms with E-state index in [1.165, 1.54) is 0 Å². The summed E-state index contributed by atoms with van der Waals surface area (Å²) in [6.45, 7) is 5.35. The Morgan fingerprint density at radius 2 is 2.10 bits per heavy atom. The average molecular weight is 311 g/mol. The molecule has 1 aliphatic heterocycles. The van der Waals surface area contributed by atoms with Gasteiger partial charge in [-0.3, -0.25) is 4.79 Å². The number of carboxylic acids is 1. The first kappa shape index (κ1) is 15.9. The Balaban J connectivity index is 2.21. The largest absolute Gasteiger partial charge is 0.478 e. The standard InChI is InChI=1S/C14H21N3O3S/c1-3-4-14(5-7-15-8-6-14)13(20)16-11-10(12(18)19)9(2)17-21-11/h15H,3-8H2,1-2H3,(H,16,20)(H,18,19). The van der Waals surface area contributed by atoms with Gasteiger partial charge in [-0.1, -0.05) is 13.3 Å². The molecule has 0 unspecified atom stereocenters. The summed E-state index contributed by atoms with van der Waals surface area (Å²) in [4.78, 5) is 24.0. The van der Waals surface area contributed by atoms with Crippen molar-refractivity contribution in [2.45, 2.75) is 39.5 Å². The molecule has 0 aromatic carbocycles. The van der Waals surface area contributed by atoms with Crippen LogP contribution in [0.3, 0.4) is 0 Å². The third-order valence-corrected chi connectivity index (χ3v) is 4.93. The van der Waals surface area contributed by atoms with E-state index in [1.54, 1.807) is 6.92 Å². The van der Waals surface area contributed by atoms with Gasteiger partial charge in [-0.25, -0.2) is 4.79 Å². The quantitative estimate of drug-likeness (QED) is 0.776. The zero-order chi connectivity index (χ0) is 15.5. The van der Waals surface area contributed by atoms with E-state index in [1.807, 2.05) is 0 Å². The summed E-state index contributed by atoms with van der Waals surface area (Å²) in [6.07, 6.45) is 3.32. The highest BCUT2D eigenvalue weighted by atomic mass is 32.1. The lowest BCUT2D eigenvalue weighted by Gasteiger charge is -2.36. The molecule has 7 heteroatoms. The topological polar surface area (TPSA) is 91.3 Å². The number of nitrogens with zero attached hydrogens (tertiary/aromatic N) is 1. The zero-order valence-electron chi connectivity index (χ0n) is 12.4. The molecule has 1 amide bonds. The highest BCUT2D eigenvalue weighted by molar-refractivity contribution is 7.11. The molecule has 0 saturated carbocycles. The van der Waals surface area contributed by atoms with Crippen molar-refractivity contribution < 1.29 is 14.7 Å². The van der Waals surface area contributed by atoms with Gasteiger partial charge in [0.25, 0.3) is 0 Å². The van der Waals surface area contributed by atoms with Crippen molar-refractivity contribution in [2.75, 3.05) is 18.4 Å².